The second-order valence-corrected chi connectivity index (χ2v) is 28.1. The van der Waals surface area contributed by atoms with E-state index in [9.17, 15) is 43.2 Å². The van der Waals surface area contributed by atoms with Crippen molar-refractivity contribution < 1.29 is 80.2 Å². The van der Waals surface area contributed by atoms with Gasteiger partial charge in [0.25, 0.3) is 0 Å². The average Bonchev–Trinajstić information content (AvgIpc) is 3.52. The topological polar surface area (TPSA) is 237 Å². The first kappa shape index (κ1) is 84.1. The number of hydrogen-bond donors (Lipinski definition) is 3. The Labute approximate surface area is 524 Å². The lowest BCUT2D eigenvalue weighted by atomic mass is 10.0. The van der Waals surface area contributed by atoms with Crippen LogP contribution < -0.4 is 0 Å². The van der Waals surface area contributed by atoms with Crippen molar-refractivity contribution in [2.24, 2.45) is 11.8 Å². The van der Waals surface area contributed by atoms with Crippen molar-refractivity contribution in [3.8, 4) is 0 Å². The number of phosphoric ester groups is 2. The normalized spacial score (nSPS) is 14.2. The molecule has 510 valence electrons. The monoisotopic (exact) mass is 1270 g/mol. The molecule has 0 aliphatic heterocycles. The van der Waals surface area contributed by atoms with Crippen LogP contribution in [0.15, 0.2) is 0 Å². The maximum Gasteiger partial charge on any atom is 0.472 e. The number of carbonyl (C=O) groups is 4. The molecule has 0 amide bonds. The number of hydrogen-bond acceptors (Lipinski definition) is 15. The molecule has 19 heteroatoms. The number of rotatable bonds is 66. The van der Waals surface area contributed by atoms with Crippen LogP contribution in [0.5, 0.6) is 0 Å². The summed E-state index contributed by atoms with van der Waals surface area (Å²) < 4.78 is 68.1. The first-order valence-electron chi connectivity index (χ1n) is 35.0. The number of carbonyl (C=O) groups excluding carboxylic acids is 4. The third-order valence-corrected chi connectivity index (χ3v) is 17.4. The van der Waals surface area contributed by atoms with Crippen molar-refractivity contribution in [1.29, 1.82) is 0 Å². The predicted octanol–water partition coefficient (Wildman–Crippen LogP) is 18.8. The number of unbranched alkanes of at least 4 members (excludes halogenated alkanes) is 36. The van der Waals surface area contributed by atoms with Crippen LogP contribution in [0.4, 0.5) is 0 Å². The molecule has 2 unspecified atom stereocenters. The SMILES string of the molecule is CCCCCCCCCCCCCC(=O)O[C@H](COC(=O)CCCCCCCCCC)COP(=O)(O)OC[C@H](O)COP(=O)(O)OC[C@@H](COC(=O)CCCCCCCCCCC(C)C)OC(=O)CCCCCCCCCCCCCCCC(C)C. The van der Waals surface area contributed by atoms with Gasteiger partial charge in [0.1, 0.15) is 19.3 Å². The Morgan fingerprint density at radius 2 is 0.535 bits per heavy atom. The first-order chi connectivity index (χ1) is 41.4. The highest BCUT2D eigenvalue weighted by Crippen LogP contribution is 2.45. The van der Waals surface area contributed by atoms with Crippen LogP contribution >= 0.6 is 15.6 Å². The maximum atomic E-state index is 13.0. The highest BCUT2D eigenvalue weighted by atomic mass is 31.2. The lowest BCUT2D eigenvalue weighted by Crippen LogP contribution is -2.30. The molecule has 3 N–H and O–H groups in total. The van der Waals surface area contributed by atoms with Gasteiger partial charge in [0.15, 0.2) is 12.2 Å². The summed E-state index contributed by atoms with van der Waals surface area (Å²) in [6, 6.07) is 0. The molecule has 0 fully saturated rings. The molecule has 17 nitrogen and oxygen atoms in total. The van der Waals surface area contributed by atoms with Gasteiger partial charge in [-0.25, -0.2) is 9.13 Å². The van der Waals surface area contributed by atoms with E-state index in [0.29, 0.717) is 25.7 Å². The summed E-state index contributed by atoms with van der Waals surface area (Å²) in [6.45, 7) is 9.48. The molecule has 0 saturated heterocycles. The largest absolute Gasteiger partial charge is 0.472 e. The Morgan fingerprint density at radius 1 is 0.314 bits per heavy atom. The van der Waals surface area contributed by atoms with E-state index in [0.717, 1.165) is 108 Å². The minimum Gasteiger partial charge on any atom is -0.462 e. The van der Waals surface area contributed by atoms with E-state index in [1.54, 1.807) is 0 Å². The molecular weight excluding hydrogens is 1140 g/mol. The van der Waals surface area contributed by atoms with Crippen LogP contribution in [-0.2, 0) is 65.4 Å². The Morgan fingerprint density at radius 3 is 0.791 bits per heavy atom. The van der Waals surface area contributed by atoms with E-state index < -0.39 is 97.5 Å². The summed E-state index contributed by atoms with van der Waals surface area (Å²) in [7, 11) is -9.89. The van der Waals surface area contributed by atoms with Crippen molar-refractivity contribution in [2.75, 3.05) is 39.6 Å². The Kier molecular flexibility index (Phi) is 58.0. The van der Waals surface area contributed by atoms with Gasteiger partial charge in [-0.1, -0.05) is 286 Å². The number of aliphatic hydroxyl groups is 1. The molecule has 0 bridgehead atoms. The fourth-order valence-electron chi connectivity index (χ4n) is 10.1. The highest BCUT2D eigenvalue weighted by Gasteiger charge is 2.30. The molecule has 0 aromatic rings. The second-order valence-electron chi connectivity index (χ2n) is 25.2. The summed E-state index contributed by atoms with van der Waals surface area (Å²) in [5.41, 5.74) is 0. The third-order valence-electron chi connectivity index (χ3n) is 15.5. The number of phosphoric acid groups is 2. The Hall–Kier alpha value is -1.94. The van der Waals surface area contributed by atoms with E-state index in [1.807, 2.05) is 0 Å². The van der Waals surface area contributed by atoms with Gasteiger partial charge in [-0.3, -0.25) is 37.3 Å². The molecule has 0 heterocycles. The summed E-state index contributed by atoms with van der Waals surface area (Å²) in [6.07, 6.45) is 43.1. The molecular formula is C67H130O17P2. The van der Waals surface area contributed by atoms with Crippen molar-refractivity contribution in [3.05, 3.63) is 0 Å². The van der Waals surface area contributed by atoms with Gasteiger partial charge < -0.3 is 33.8 Å². The minimum atomic E-state index is -4.95. The number of ether oxygens (including phenoxy) is 4. The van der Waals surface area contributed by atoms with E-state index in [2.05, 4.69) is 41.5 Å². The lowest BCUT2D eigenvalue weighted by Gasteiger charge is -2.21. The fraction of sp³-hybridized carbons (Fsp3) is 0.940. The van der Waals surface area contributed by atoms with E-state index >= 15 is 0 Å². The summed E-state index contributed by atoms with van der Waals surface area (Å²) >= 11 is 0. The van der Waals surface area contributed by atoms with Crippen molar-refractivity contribution in [3.63, 3.8) is 0 Å². The molecule has 0 aromatic heterocycles. The van der Waals surface area contributed by atoms with Crippen LogP contribution in [-0.4, -0.2) is 96.7 Å². The van der Waals surface area contributed by atoms with Crippen molar-refractivity contribution >= 4 is 39.5 Å². The molecule has 86 heavy (non-hydrogen) atoms. The van der Waals surface area contributed by atoms with Gasteiger partial charge in [0.05, 0.1) is 26.4 Å². The van der Waals surface area contributed by atoms with Crippen molar-refractivity contribution in [2.45, 2.75) is 355 Å². The van der Waals surface area contributed by atoms with Crippen LogP contribution in [0.25, 0.3) is 0 Å². The quantitative estimate of drug-likeness (QED) is 0.0222. The van der Waals surface area contributed by atoms with Crippen LogP contribution in [0, 0.1) is 11.8 Å². The zero-order chi connectivity index (χ0) is 63.6. The molecule has 0 radical (unpaired) electrons. The zero-order valence-electron chi connectivity index (χ0n) is 55.6. The van der Waals surface area contributed by atoms with Crippen LogP contribution in [0.2, 0.25) is 0 Å². The summed E-state index contributed by atoms with van der Waals surface area (Å²) in [5, 5.41) is 10.6. The third kappa shape index (κ3) is 60.9. The Balaban J connectivity index is 5.22. The van der Waals surface area contributed by atoms with Crippen molar-refractivity contribution in [1.82, 2.24) is 0 Å². The van der Waals surface area contributed by atoms with Gasteiger partial charge in [0, 0.05) is 25.7 Å². The molecule has 5 atom stereocenters. The lowest BCUT2D eigenvalue weighted by molar-refractivity contribution is -0.161. The maximum absolute atomic E-state index is 13.0. The molecule has 0 saturated carbocycles. The van der Waals surface area contributed by atoms with Crippen LogP contribution in [0.3, 0.4) is 0 Å². The summed E-state index contributed by atoms with van der Waals surface area (Å²) in [4.78, 5) is 72.3. The Bertz CT molecular complexity index is 1680. The smallest absolute Gasteiger partial charge is 0.462 e. The highest BCUT2D eigenvalue weighted by molar-refractivity contribution is 7.47. The zero-order valence-corrected chi connectivity index (χ0v) is 57.4. The number of esters is 4. The van der Waals surface area contributed by atoms with Gasteiger partial charge in [0.2, 0.25) is 0 Å². The molecule has 0 aliphatic carbocycles. The van der Waals surface area contributed by atoms with E-state index in [4.69, 9.17) is 37.0 Å². The average molecular weight is 1270 g/mol. The second kappa shape index (κ2) is 59.4. The standard InChI is InChI=1S/C67H130O17P2/c1-7-9-11-13-15-17-21-25-33-39-45-51-66(71)83-62(55-77-64(69)49-43-37-31-16-14-12-10-8-2)57-81-85(73,74)79-53-61(68)54-80-86(75,76)82-58-63(56-78-65(70)50-44-38-32-28-27-30-36-42-48-60(5)6)84-67(72)52-46-40-34-26-23-20-18-19-22-24-29-35-41-47-59(3)4/h59-63,68H,7-58H2,1-6H3,(H,73,74)(H,75,76)/t61-,62+,63+/m0/s1. The predicted molar refractivity (Wildman–Crippen MR) is 345 cm³/mol. The first-order valence-corrected chi connectivity index (χ1v) is 38.0. The molecule has 0 spiro atoms. The van der Waals surface area contributed by atoms with E-state index in [1.165, 1.54) is 148 Å². The molecule has 0 aliphatic rings. The summed E-state index contributed by atoms with van der Waals surface area (Å²) in [5.74, 6) is -0.618. The number of aliphatic hydroxyl groups excluding tert-OH is 1. The molecule has 0 rings (SSSR count). The van der Waals surface area contributed by atoms with Crippen LogP contribution in [0.1, 0.15) is 337 Å². The van der Waals surface area contributed by atoms with E-state index in [-0.39, 0.29) is 25.7 Å². The fourth-order valence-corrected chi connectivity index (χ4v) is 11.6. The molecule has 0 aromatic carbocycles. The van der Waals surface area contributed by atoms with Gasteiger partial charge in [-0.15, -0.1) is 0 Å². The van der Waals surface area contributed by atoms with Gasteiger partial charge >= 0.3 is 39.5 Å². The van der Waals surface area contributed by atoms with Gasteiger partial charge in [-0.05, 0) is 37.5 Å². The van der Waals surface area contributed by atoms with Gasteiger partial charge in [-0.2, -0.15) is 0 Å². The minimum absolute atomic E-state index is 0.106.